The Kier molecular flexibility index (Phi) is 3.77. The van der Waals surface area contributed by atoms with E-state index in [9.17, 15) is 0 Å². The molecule has 1 aliphatic heterocycles. The molecular formula is C12H12BrClO2. The molecule has 0 saturated heterocycles. The second kappa shape index (κ2) is 5.11. The number of ether oxygens (including phenoxy) is 2. The molecule has 1 aromatic carbocycles. The lowest BCUT2D eigenvalue weighted by molar-refractivity contribution is 0.170. The number of hydrogen-bond acceptors (Lipinski definition) is 2. The van der Waals surface area contributed by atoms with Crippen LogP contribution in [0.25, 0.3) is 6.08 Å². The maximum Gasteiger partial charge on any atom is 0.175 e. The second-order valence-electron chi connectivity index (χ2n) is 3.65. The van der Waals surface area contributed by atoms with Crippen LogP contribution in [0, 0.1) is 0 Å². The quantitative estimate of drug-likeness (QED) is 0.772. The van der Waals surface area contributed by atoms with Crippen molar-refractivity contribution in [3.8, 4) is 11.5 Å². The molecule has 1 aliphatic rings. The Hall–Kier alpha value is -0.670. The zero-order valence-electron chi connectivity index (χ0n) is 8.93. The van der Waals surface area contributed by atoms with E-state index in [0.29, 0.717) is 19.1 Å². The van der Waals surface area contributed by atoms with Gasteiger partial charge in [0.1, 0.15) is 13.2 Å². The Bertz CT molecular complexity index is 429. The largest absolute Gasteiger partial charge is 0.486 e. The highest BCUT2D eigenvalue weighted by Gasteiger charge is 2.15. The minimum Gasteiger partial charge on any atom is -0.486 e. The topological polar surface area (TPSA) is 18.5 Å². The van der Waals surface area contributed by atoms with Crippen LogP contribution in [0.1, 0.15) is 12.5 Å². The van der Waals surface area contributed by atoms with Crippen molar-refractivity contribution >= 4 is 33.6 Å². The summed E-state index contributed by atoms with van der Waals surface area (Å²) in [6.07, 6.45) is 2.04. The van der Waals surface area contributed by atoms with Crippen LogP contribution in [0.5, 0.6) is 11.5 Å². The number of hydrogen-bond donors (Lipinski definition) is 0. The number of benzene rings is 1. The Labute approximate surface area is 108 Å². The SMILES string of the molecule is CC(=Cc1cc(Br)c2c(c1)OCCO2)CCl. The molecule has 0 atom stereocenters. The molecule has 0 amide bonds. The maximum absolute atomic E-state index is 5.75. The molecule has 86 valence electrons. The van der Waals surface area contributed by atoms with Crippen molar-refractivity contribution in [2.45, 2.75) is 6.92 Å². The lowest BCUT2D eigenvalue weighted by Crippen LogP contribution is -2.15. The van der Waals surface area contributed by atoms with E-state index in [2.05, 4.69) is 15.9 Å². The number of fused-ring (bicyclic) bond motifs is 1. The number of alkyl halides is 1. The highest BCUT2D eigenvalue weighted by molar-refractivity contribution is 9.10. The first-order chi connectivity index (χ1) is 7.70. The maximum atomic E-state index is 5.75. The summed E-state index contributed by atoms with van der Waals surface area (Å²) in [5.41, 5.74) is 2.18. The van der Waals surface area contributed by atoms with E-state index in [1.165, 1.54) is 0 Å². The highest BCUT2D eigenvalue weighted by Crippen LogP contribution is 2.38. The van der Waals surface area contributed by atoms with Gasteiger partial charge in [0.15, 0.2) is 11.5 Å². The van der Waals surface area contributed by atoms with Gasteiger partial charge in [-0.2, -0.15) is 0 Å². The molecule has 2 rings (SSSR count). The van der Waals surface area contributed by atoms with Gasteiger partial charge >= 0.3 is 0 Å². The summed E-state index contributed by atoms with van der Waals surface area (Å²) in [6, 6.07) is 3.97. The van der Waals surface area contributed by atoms with Gasteiger partial charge in [0.25, 0.3) is 0 Å². The van der Waals surface area contributed by atoms with Gasteiger partial charge in [-0.05, 0) is 40.5 Å². The number of rotatable bonds is 2. The van der Waals surface area contributed by atoms with E-state index in [1.807, 2.05) is 25.1 Å². The summed E-state index contributed by atoms with van der Waals surface area (Å²) in [5.74, 6) is 2.10. The molecule has 4 heteroatoms. The van der Waals surface area contributed by atoms with E-state index in [-0.39, 0.29) is 0 Å². The molecule has 0 N–H and O–H groups in total. The summed E-state index contributed by atoms with van der Waals surface area (Å²) < 4.78 is 12.0. The average molecular weight is 304 g/mol. The summed E-state index contributed by atoms with van der Waals surface area (Å²) in [5, 5.41) is 0. The lowest BCUT2D eigenvalue weighted by Gasteiger charge is -2.20. The molecule has 0 aliphatic carbocycles. The molecule has 0 saturated carbocycles. The highest BCUT2D eigenvalue weighted by atomic mass is 79.9. The molecule has 0 radical (unpaired) electrons. The van der Waals surface area contributed by atoms with Crippen LogP contribution in [0.15, 0.2) is 22.2 Å². The smallest absolute Gasteiger partial charge is 0.175 e. The molecule has 0 aromatic heterocycles. The van der Waals surface area contributed by atoms with E-state index in [1.54, 1.807) is 0 Å². The predicted molar refractivity (Wildman–Crippen MR) is 69.5 cm³/mol. The summed E-state index contributed by atoms with van der Waals surface area (Å²) in [7, 11) is 0. The average Bonchev–Trinajstić information content (AvgIpc) is 2.29. The van der Waals surface area contributed by atoms with Crippen LogP contribution in [0.4, 0.5) is 0 Å². The van der Waals surface area contributed by atoms with Gasteiger partial charge in [-0.25, -0.2) is 0 Å². The van der Waals surface area contributed by atoms with Crippen molar-refractivity contribution < 1.29 is 9.47 Å². The van der Waals surface area contributed by atoms with Crippen LogP contribution in [0.2, 0.25) is 0 Å². The van der Waals surface area contributed by atoms with Crippen LogP contribution >= 0.6 is 27.5 Å². The first-order valence-corrected chi connectivity index (χ1v) is 6.35. The number of allylic oxidation sites excluding steroid dienone is 1. The predicted octanol–water partition coefficient (Wildman–Crippen LogP) is 3.86. The van der Waals surface area contributed by atoms with Gasteiger partial charge in [0.2, 0.25) is 0 Å². The molecular weight excluding hydrogens is 291 g/mol. The van der Waals surface area contributed by atoms with Gasteiger partial charge < -0.3 is 9.47 Å². The van der Waals surface area contributed by atoms with Gasteiger partial charge in [-0.3, -0.25) is 0 Å². The normalized spacial score (nSPS) is 15.1. The van der Waals surface area contributed by atoms with Crippen molar-refractivity contribution in [1.82, 2.24) is 0 Å². The Morgan fingerprint density at radius 2 is 2.19 bits per heavy atom. The minimum absolute atomic E-state index is 0.534. The van der Waals surface area contributed by atoms with Crippen molar-refractivity contribution in [3.63, 3.8) is 0 Å². The first kappa shape index (κ1) is 11.8. The van der Waals surface area contributed by atoms with E-state index in [0.717, 1.165) is 27.1 Å². The van der Waals surface area contributed by atoms with Crippen molar-refractivity contribution in [3.05, 3.63) is 27.7 Å². The monoisotopic (exact) mass is 302 g/mol. The lowest BCUT2D eigenvalue weighted by atomic mass is 10.1. The zero-order valence-corrected chi connectivity index (χ0v) is 11.3. The van der Waals surface area contributed by atoms with E-state index in [4.69, 9.17) is 21.1 Å². The Morgan fingerprint density at radius 3 is 2.94 bits per heavy atom. The number of halogens is 2. The first-order valence-electron chi connectivity index (χ1n) is 5.03. The third kappa shape index (κ3) is 2.53. The third-order valence-corrected chi connectivity index (χ3v) is 3.25. The van der Waals surface area contributed by atoms with Crippen molar-refractivity contribution in [2.75, 3.05) is 19.1 Å². The Morgan fingerprint density at radius 1 is 1.44 bits per heavy atom. The zero-order chi connectivity index (χ0) is 11.5. The summed E-state index contributed by atoms with van der Waals surface area (Å²) in [4.78, 5) is 0. The third-order valence-electron chi connectivity index (χ3n) is 2.24. The molecule has 0 unspecified atom stereocenters. The van der Waals surface area contributed by atoms with Gasteiger partial charge in [0.05, 0.1) is 4.47 Å². The fourth-order valence-corrected chi connectivity index (χ4v) is 2.19. The summed E-state index contributed by atoms with van der Waals surface area (Å²) >= 11 is 9.23. The van der Waals surface area contributed by atoms with Crippen LogP contribution in [-0.4, -0.2) is 19.1 Å². The Balaban J connectivity index is 2.39. The van der Waals surface area contributed by atoms with Crippen molar-refractivity contribution in [1.29, 1.82) is 0 Å². The fourth-order valence-electron chi connectivity index (χ4n) is 1.54. The van der Waals surface area contributed by atoms with Crippen LogP contribution in [-0.2, 0) is 0 Å². The van der Waals surface area contributed by atoms with Crippen molar-refractivity contribution in [2.24, 2.45) is 0 Å². The fraction of sp³-hybridized carbons (Fsp3) is 0.333. The molecule has 1 aromatic rings. The van der Waals surface area contributed by atoms with Crippen LogP contribution in [0.3, 0.4) is 0 Å². The van der Waals surface area contributed by atoms with E-state index >= 15 is 0 Å². The molecule has 1 heterocycles. The van der Waals surface area contributed by atoms with E-state index < -0.39 is 0 Å². The van der Waals surface area contributed by atoms with Gasteiger partial charge in [-0.1, -0.05) is 11.6 Å². The molecule has 0 fully saturated rings. The molecule has 0 spiro atoms. The van der Waals surface area contributed by atoms with Gasteiger partial charge in [-0.15, -0.1) is 11.6 Å². The minimum atomic E-state index is 0.534. The molecule has 0 bridgehead atoms. The standard InChI is InChI=1S/C12H12BrClO2/c1-8(7-14)4-9-5-10(13)12-11(6-9)15-2-3-16-12/h4-6H,2-3,7H2,1H3. The molecule has 2 nitrogen and oxygen atoms in total. The summed E-state index contributed by atoms with van der Waals surface area (Å²) in [6.45, 7) is 3.19. The second-order valence-corrected chi connectivity index (χ2v) is 4.77. The van der Waals surface area contributed by atoms with Crippen LogP contribution < -0.4 is 9.47 Å². The molecule has 16 heavy (non-hydrogen) atoms. The van der Waals surface area contributed by atoms with Gasteiger partial charge in [0, 0.05) is 5.88 Å².